The second-order valence-electron chi connectivity index (χ2n) is 22.5. The number of pyridine rings is 1. The smallest absolute Gasteiger partial charge is 0.137 e. The first-order valence-corrected chi connectivity index (χ1v) is 25.0. The summed E-state index contributed by atoms with van der Waals surface area (Å²) in [4.78, 5) is 7.35. The molecule has 11 aromatic rings. The van der Waals surface area contributed by atoms with Crippen LogP contribution in [0.25, 0.3) is 82.1 Å². The summed E-state index contributed by atoms with van der Waals surface area (Å²) in [6.07, 6.45) is 1.92. The van der Waals surface area contributed by atoms with Crippen molar-refractivity contribution in [2.75, 3.05) is 4.90 Å². The summed E-state index contributed by atoms with van der Waals surface area (Å²) in [5.74, 6) is 2.38. The zero-order chi connectivity index (χ0) is 49.8. The second-order valence-corrected chi connectivity index (χ2v) is 22.5. The third kappa shape index (κ3) is 7.58. The molecule has 0 amide bonds. The van der Waals surface area contributed by atoms with E-state index in [-0.39, 0.29) is 16.2 Å². The van der Waals surface area contributed by atoms with Crippen molar-refractivity contribution in [2.24, 2.45) is 0 Å². The van der Waals surface area contributed by atoms with Gasteiger partial charge in [0.15, 0.2) is 0 Å². The molecule has 0 atom stereocenters. The minimum Gasteiger partial charge on any atom is -0.457 e. The van der Waals surface area contributed by atoms with Crippen LogP contribution in [-0.2, 0) is 22.9 Å². The maximum atomic E-state index is 9.11. The highest BCUT2D eigenvalue weighted by atomic mass is 16.5. The Hall–Kier alpha value is -7.89. The first-order valence-electron chi connectivity index (χ1n) is 25.5. The van der Waals surface area contributed by atoms with Gasteiger partial charge >= 0.3 is 0 Å². The Labute approximate surface area is 418 Å². The molecule has 0 saturated carbocycles. The number of hydrogen-bond donors (Lipinski definition) is 0. The lowest BCUT2D eigenvalue weighted by Gasteiger charge is -2.22. The first kappa shape index (κ1) is 43.2. The summed E-state index contributed by atoms with van der Waals surface area (Å²) in [7, 11) is 0. The Kier molecular flexibility index (Phi) is 9.94. The number of nitrogens with zero attached hydrogens (tertiary/aromatic N) is 4. The third-order valence-corrected chi connectivity index (χ3v) is 14.7. The van der Waals surface area contributed by atoms with Crippen LogP contribution < -0.4 is 9.64 Å². The fraction of sp³-hybridized carbons (Fsp3) is 0.197. The monoisotopic (exact) mass is 925 g/mol. The molecular formula is C66H60N4O. The topological polar surface area (TPSA) is 35.2 Å². The maximum absolute atomic E-state index is 9.11. The van der Waals surface area contributed by atoms with Gasteiger partial charge in [0.05, 0.1) is 29.1 Å². The van der Waals surface area contributed by atoms with Crippen LogP contribution in [-0.4, -0.2) is 14.1 Å². The van der Waals surface area contributed by atoms with E-state index >= 15 is 0 Å². The highest BCUT2D eigenvalue weighted by molar-refractivity contribution is 6.22. The van der Waals surface area contributed by atoms with Crippen LogP contribution in [0, 0.1) is 0 Å². The van der Waals surface area contributed by atoms with Crippen LogP contribution in [0.2, 0.25) is 0 Å². The van der Waals surface area contributed by atoms with Crippen molar-refractivity contribution >= 4 is 76.5 Å². The van der Waals surface area contributed by atoms with Gasteiger partial charge in [0.2, 0.25) is 0 Å². The Morgan fingerprint density at radius 3 is 1.85 bits per heavy atom. The molecule has 0 spiro atoms. The van der Waals surface area contributed by atoms with E-state index in [1.807, 2.05) is 18.3 Å². The molecule has 0 radical (unpaired) electrons. The second kappa shape index (κ2) is 16.3. The Morgan fingerprint density at radius 2 is 1.07 bits per heavy atom. The highest BCUT2D eigenvalue weighted by Gasteiger charge is 2.27. The zero-order valence-electron chi connectivity index (χ0n) is 43.2. The van der Waals surface area contributed by atoms with Crippen LogP contribution >= 0.6 is 0 Å². The fourth-order valence-corrected chi connectivity index (χ4v) is 10.8. The Morgan fingerprint density at radius 1 is 0.465 bits per heavy atom. The molecule has 0 bridgehead atoms. The van der Waals surface area contributed by atoms with Crippen LogP contribution in [0.15, 0.2) is 188 Å². The van der Waals surface area contributed by atoms with Gasteiger partial charge in [0.25, 0.3) is 0 Å². The molecule has 4 heterocycles. The van der Waals surface area contributed by atoms with Gasteiger partial charge in [-0.3, -0.25) is 4.57 Å². The van der Waals surface area contributed by atoms with Crippen molar-refractivity contribution in [3.05, 3.63) is 205 Å². The van der Waals surface area contributed by atoms with Gasteiger partial charge in [0.1, 0.15) is 24.0 Å². The van der Waals surface area contributed by atoms with Crippen LogP contribution in [0.1, 0.15) is 80.4 Å². The third-order valence-electron chi connectivity index (χ3n) is 14.7. The molecule has 8 aromatic carbocycles. The number of anilines is 2. The van der Waals surface area contributed by atoms with Crippen LogP contribution in [0.4, 0.5) is 11.4 Å². The van der Waals surface area contributed by atoms with Gasteiger partial charge in [0, 0.05) is 51.1 Å². The lowest BCUT2D eigenvalue weighted by Crippen LogP contribution is -2.15. The lowest BCUT2D eigenvalue weighted by atomic mass is 9.85. The zero-order valence-corrected chi connectivity index (χ0v) is 42.2. The van der Waals surface area contributed by atoms with Gasteiger partial charge in [-0.15, -0.1) is 0 Å². The van der Waals surface area contributed by atoms with E-state index in [0.29, 0.717) is 12.7 Å². The summed E-state index contributed by atoms with van der Waals surface area (Å²) in [5, 5.41) is 9.44. The van der Waals surface area contributed by atoms with Crippen molar-refractivity contribution < 1.29 is 6.11 Å². The molecule has 0 N–H and O–H groups in total. The summed E-state index contributed by atoms with van der Waals surface area (Å²) < 4.78 is 20.8. The molecule has 0 aliphatic carbocycles. The lowest BCUT2D eigenvalue weighted by molar-refractivity contribution is 0.483. The standard InChI is InChI=1S/C66H60N4O/c1-64(2,3)43-19-14-18-42(36-43)49-25-16-26-55-51-23-11-10-22-50(51)52-32-30-44(65(4,5)6)37-57(52)56-27-17-29-59-63(56)69(62(49)55)41-68(59)46-20-15-21-47(39-46)71-48-31-33-54-53-24-12-13-28-58(53)70(60(54)40-48)61-38-45(34-35-67-61)66(7,8)9/h10-40H,41H2,1-9H3/i14D. The SMILES string of the molecule is [2H]c1cc(-c2cccc3c4ccccc4c4ccc(C(C)(C)C)cc4c4cccc5c4n(c23)CN5c2cccc(Oc3ccc4c5ccccc5n(-c5cc(C(C)(C)C)ccn5)c4c3)c2)cc(C(C)(C)C)c1. The molecule has 71 heavy (non-hydrogen) atoms. The average Bonchev–Trinajstić information content (AvgIpc) is 3.92. The predicted octanol–water partition coefficient (Wildman–Crippen LogP) is 18.2. The summed E-state index contributed by atoms with van der Waals surface area (Å²) in [5.41, 5.74) is 12.1. The number of ether oxygens (including phenoxy) is 1. The van der Waals surface area contributed by atoms with E-state index in [9.17, 15) is 0 Å². The largest absolute Gasteiger partial charge is 0.457 e. The van der Waals surface area contributed by atoms with Crippen molar-refractivity contribution in [2.45, 2.75) is 85.2 Å². The van der Waals surface area contributed by atoms with Gasteiger partial charge in [-0.1, -0.05) is 178 Å². The number of benzene rings is 8. The first-order chi connectivity index (χ1) is 34.5. The van der Waals surface area contributed by atoms with Crippen LogP contribution in [0.3, 0.4) is 0 Å². The van der Waals surface area contributed by atoms with Gasteiger partial charge in [-0.05, 0) is 115 Å². The van der Waals surface area contributed by atoms with E-state index in [1.54, 1.807) is 0 Å². The minimum atomic E-state index is -0.137. The van der Waals surface area contributed by atoms with E-state index in [2.05, 4.69) is 240 Å². The molecule has 3 aromatic heterocycles. The number of aromatic nitrogens is 3. The molecule has 0 saturated heterocycles. The van der Waals surface area contributed by atoms with E-state index in [1.165, 1.54) is 43.4 Å². The average molecular weight is 926 g/mol. The molecule has 5 heteroatoms. The molecular weight excluding hydrogens is 865 g/mol. The predicted molar refractivity (Wildman–Crippen MR) is 301 cm³/mol. The highest BCUT2D eigenvalue weighted by Crippen LogP contribution is 2.46. The van der Waals surface area contributed by atoms with Gasteiger partial charge in [-0.2, -0.15) is 0 Å². The quantitative estimate of drug-likeness (QED) is 0.173. The van der Waals surface area contributed by atoms with E-state index in [0.717, 1.165) is 78.2 Å². The molecule has 1 aliphatic heterocycles. The van der Waals surface area contributed by atoms with E-state index < -0.39 is 0 Å². The minimum absolute atomic E-state index is 0.0264. The number of hydrogen-bond acceptors (Lipinski definition) is 3. The molecule has 0 unspecified atom stereocenters. The van der Waals surface area contributed by atoms with Crippen molar-refractivity contribution in [1.82, 2.24) is 14.1 Å². The number of rotatable bonds is 5. The molecule has 5 nitrogen and oxygen atoms in total. The molecule has 350 valence electrons. The molecule has 1 aliphatic rings. The van der Waals surface area contributed by atoms with Gasteiger partial charge in [-0.25, -0.2) is 4.98 Å². The Balaban J connectivity index is 1.07. The number of fused-ring (bicyclic) bond motifs is 10. The van der Waals surface area contributed by atoms with Crippen molar-refractivity contribution in [3.8, 4) is 28.4 Å². The summed E-state index contributed by atoms with van der Waals surface area (Å²) in [6.45, 7) is 20.9. The van der Waals surface area contributed by atoms with Crippen molar-refractivity contribution in [3.63, 3.8) is 0 Å². The summed E-state index contributed by atoms with van der Waals surface area (Å²) >= 11 is 0. The number of para-hydroxylation sites is 3. The molecule has 12 rings (SSSR count). The normalized spacial score (nSPS) is 13.3. The van der Waals surface area contributed by atoms with E-state index in [4.69, 9.17) is 11.1 Å². The maximum Gasteiger partial charge on any atom is 0.137 e. The molecule has 0 fully saturated rings. The summed E-state index contributed by atoms with van der Waals surface area (Å²) in [6, 6.07) is 64.2. The fourth-order valence-electron chi connectivity index (χ4n) is 10.8. The van der Waals surface area contributed by atoms with Gasteiger partial charge < -0.3 is 14.2 Å². The Bertz CT molecular complexity index is 4080. The van der Waals surface area contributed by atoms with Crippen molar-refractivity contribution in [1.29, 1.82) is 0 Å². The van der Waals surface area contributed by atoms with Crippen LogP contribution in [0.5, 0.6) is 11.5 Å².